The van der Waals surface area contributed by atoms with Crippen molar-refractivity contribution in [2.45, 2.75) is 44.7 Å². The van der Waals surface area contributed by atoms with Crippen molar-refractivity contribution in [2.24, 2.45) is 0 Å². The van der Waals surface area contributed by atoms with Gasteiger partial charge in [-0.1, -0.05) is 43.3 Å². The van der Waals surface area contributed by atoms with E-state index in [-0.39, 0.29) is 17.9 Å². The minimum Gasteiger partial charge on any atom is -0.497 e. The van der Waals surface area contributed by atoms with E-state index in [9.17, 15) is 9.59 Å². The molecule has 0 unspecified atom stereocenters. The third kappa shape index (κ3) is 4.40. The molecular weight excluding hydrogens is 518 g/mol. The van der Waals surface area contributed by atoms with Crippen molar-refractivity contribution < 1.29 is 19.1 Å². The molecule has 41 heavy (non-hydrogen) atoms. The number of hydrogen-bond acceptors (Lipinski definition) is 6. The lowest BCUT2D eigenvalue weighted by Crippen LogP contribution is -2.54. The van der Waals surface area contributed by atoms with Crippen LogP contribution in [0.1, 0.15) is 54.1 Å². The molecule has 3 aliphatic heterocycles. The monoisotopic (exact) mass is 553 g/mol. The third-order valence-corrected chi connectivity index (χ3v) is 8.72. The Balaban J connectivity index is 1.26. The van der Waals surface area contributed by atoms with Crippen molar-refractivity contribution in [3.05, 3.63) is 83.3 Å². The number of piperidine rings is 1. The van der Waals surface area contributed by atoms with Crippen LogP contribution in [0.15, 0.2) is 66.6 Å². The average Bonchev–Trinajstić information content (AvgIpc) is 3.11. The fourth-order valence-corrected chi connectivity index (χ4v) is 6.70. The predicted molar refractivity (Wildman–Crippen MR) is 155 cm³/mol. The molecule has 0 saturated carbocycles. The molecule has 0 aliphatic carbocycles. The Bertz CT molecular complexity index is 1500. The highest BCUT2D eigenvalue weighted by molar-refractivity contribution is 5.94. The molecule has 2 fully saturated rings. The Morgan fingerprint density at radius 1 is 1.05 bits per heavy atom. The number of fused-ring (bicyclic) bond motifs is 3. The van der Waals surface area contributed by atoms with Crippen molar-refractivity contribution in [1.82, 2.24) is 24.7 Å². The van der Waals surface area contributed by atoms with Crippen molar-refractivity contribution in [1.29, 1.82) is 0 Å². The summed E-state index contributed by atoms with van der Waals surface area (Å²) in [5.41, 5.74) is 4.03. The average molecular weight is 554 g/mol. The first-order valence-corrected chi connectivity index (χ1v) is 14.1. The molecule has 1 atom stereocenters. The van der Waals surface area contributed by atoms with Crippen LogP contribution in [0.5, 0.6) is 11.5 Å². The largest absolute Gasteiger partial charge is 0.497 e. The van der Waals surface area contributed by atoms with Gasteiger partial charge in [-0.15, -0.1) is 0 Å². The lowest BCUT2D eigenvalue weighted by molar-refractivity contribution is 0.0575. The molecule has 4 heterocycles. The number of nitrogens with zero attached hydrogens (tertiary/aromatic N) is 5. The van der Waals surface area contributed by atoms with E-state index in [4.69, 9.17) is 9.47 Å². The Morgan fingerprint density at radius 2 is 1.76 bits per heavy atom. The number of hydrogen-bond donors (Lipinski definition) is 0. The second-order valence-corrected chi connectivity index (χ2v) is 10.8. The zero-order chi connectivity index (χ0) is 28.7. The SMILES string of the molecule is CCN1C(=O)N2Cc3cc(OC)cc(OC)c3[C@@H](C)C=C2C12CCN(C(=O)c1cnc(-c3ccccc3)nc1)CC2. The Hall–Kier alpha value is -4.40. The van der Waals surface area contributed by atoms with E-state index in [0.717, 1.165) is 28.1 Å². The summed E-state index contributed by atoms with van der Waals surface area (Å²) in [4.78, 5) is 42.0. The molecule has 212 valence electrons. The molecule has 0 radical (unpaired) electrons. The summed E-state index contributed by atoms with van der Waals surface area (Å²) in [6, 6.07) is 13.6. The Labute approximate surface area is 240 Å². The number of likely N-dealkylation sites (tertiary alicyclic amines) is 1. The maximum atomic E-state index is 13.9. The van der Waals surface area contributed by atoms with Gasteiger partial charge in [0.1, 0.15) is 11.5 Å². The van der Waals surface area contributed by atoms with Crippen LogP contribution >= 0.6 is 0 Å². The zero-order valence-corrected chi connectivity index (χ0v) is 24.0. The minimum absolute atomic E-state index is 0.00487. The van der Waals surface area contributed by atoms with Gasteiger partial charge in [-0.05, 0) is 31.4 Å². The van der Waals surface area contributed by atoms with E-state index in [1.165, 1.54) is 0 Å². The summed E-state index contributed by atoms with van der Waals surface area (Å²) < 4.78 is 11.3. The van der Waals surface area contributed by atoms with Crippen LogP contribution in [0.4, 0.5) is 4.79 Å². The summed E-state index contributed by atoms with van der Waals surface area (Å²) in [5, 5.41) is 0. The van der Waals surface area contributed by atoms with Gasteiger partial charge in [0.15, 0.2) is 5.82 Å². The second kappa shape index (κ2) is 10.5. The maximum Gasteiger partial charge on any atom is 0.325 e. The van der Waals surface area contributed by atoms with Crippen molar-refractivity contribution in [3.8, 4) is 22.9 Å². The summed E-state index contributed by atoms with van der Waals surface area (Å²) in [5.74, 6) is 2.01. The number of benzene rings is 2. The van der Waals surface area contributed by atoms with Crippen LogP contribution in [0.2, 0.25) is 0 Å². The first kappa shape index (κ1) is 26.8. The zero-order valence-electron chi connectivity index (χ0n) is 24.0. The number of methoxy groups -OCH3 is 2. The molecule has 3 amide bonds. The highest BCUT2D eigenvalue weighted by Crippen LogP contribution is 2.49. The summed E-state index contributed by atoms with van der Waals surface area (Å²) in [7, 11) is 3.30. The van der Waals surface area contributed by atoms with Gasteiger partial charge in [-0.2, -0.15) is 0 Å². The van der Waals surface area contributed by atoms with Gasteiger partial charge in [0, 0.05) is 60.8 Å². The third-order valence-electron chi connectivity index (χ3n) is 8.72. The predicted octanol–water partition coefficient (Wildman–Crippen LogP) is 5.09. The smallest absolute Gasteiger partial charge is 0.325 e. The maximum absolute atomic E-state index is 13.9. The topological polar surface area (TPSA) is 88.1 Å². The molecule has 0 bridgehead atoms. The number of ether oxygens (including phenoxy) is 2. The number of aromatic nitrogens is 2. The van der Waals surface area contributed by atoms with Crippen LogP contribution < -0.4 is 9.47 Å². The molecule has 1 spiro atoms. The van der Waals surface area contributed by atoms with Crippen LogP contribution in [0.25, 0.3) is 11.4 Å². The highest BCUT2D eigenvalue weighted by Gasteiger charge is 2.55. The molecular formula is C32H35N5O4. The number of likely N-dealkylation sites (N-methyl/N-ethyl adjacent to an activating group) is 1. The number of carbonyl (C=O) groups is 2. The molecule has 6 rings (SSSR count). The van der Waals surface area contributed by atoms with Crippen molar-refractivity contribution in [2.75, 3.05) is 33.9 Å². The van der Waals surface area contributed by atoms with E-state index >= 15 is 0 Å². The second-order valence-electron chi connectivity index (χ2n) is 10.8. The van der Waals surface area contributed by atoms with Crippen molar-refractivity contribution in [3.63, 3.8) is 0 Å². The molecule has 0 N–H and O–H groups in total. The van der Waals surface area contributed by atoms with Crippen LogP contribution in [-0.4, -0.2) is 76.0 Å². The number of rotatable bonds is 5. The van der Waals surface area contributed by atoms with Crippen LogP contribution in [0, 0.1) is 0 Å². The van der Waals surface area contributed by atoms with Crippen LogP contribution in [0.3, 0.4) is 0 Å². The fraction of sp³-hybridized carbons (Fsp3) is 0.375. The van der Waals surface area contributed by atoms with Gasteiger partial charge in [-0.25, -0.2) is 14.8 Å². The number of urea groups is 1. The molecule has 2 aromatic carbocycles. The van der Waals surface area contributed by atoms with Crippen LogP contribution in [-0.2, 0) is 6.54 Å². The molecule has 9 heteroatoms. The Kier molecular flexibility index (Phi) is 6.89. The molecule has 3 aromatic rings. The van der Waals surface area contributed by atoms with E-state index in [1.807, 2.05) is 64.1 Å². The fourth-order valence-electron chi connectivity index (χ4n) is 6.70. The normalized spacial score (nSPS) is 19.4. The number of allylic oxidation sites excluding steroid dienone is 1. The van der Waals surface area contributed by atoms with E-state index < -0.39 is 5.54 Å². The summed E-state index contributed by atoms with van der Waals surface area (Å²) in [6.07, 6.45) is 6.76. The molecule has 2 saturated heterocycles. The Morgan fingerprint density at radius 3 is 2.39 bits per heavy atom. The van der Waals surface area contributed by atoms with E-state index in [0.29, 0.717) is 56.2 Å². The summed E-state index contributed by atoms with van der Waals surface area (Å²) >= 11 is 0. The minimum atomic E-state index is -0.468. The van der Waals surface area contributed by atoms with E-state index in [2.05, 4.69) is 23.0 Å². The van der Waals surface area contributed by atoms with Gasteiger partial charge in [0.2, 0.25) is 0 Å². The van der Waals surface area contributed by atoms with Gasteiger partial charge in [0.25, 0.3) is 5.91 Å². The molecule has 3 aliphatic rings. The van der Waals surface area contributed by atoms with Crippen molar-refractivity contribution >= 4 is 11.9 Å². The first-order chi connectivity index (χ1) is 19.9. The lowest BCUT2D eigenvalue weighted by Gasteiger charge is -2.44. The number of amides is 3. The van der Waals surface area contributed by atoms with Gasteiger partial charge in [0.05, 0.1) is 31.9 Å². The van der Waals surface area contributed by atoms with Gasteiger partial charge >= 0.3 is 6.03 Å². The lowest BCUT2D eigenvalue weighted by atomic mass is 9.82. The van der Waals surface area contributed by atoms with Gasteiger partial charge < -0.3 is 19.3 Å². The summed E-state index contributed by atoms with van der Waals surface area (Å²) in [6.45, 7) is 6.29. The first-order valence-electron chi connectivity index (χ1n) is 14.1. The number of carbonyl (C=O) groups excluding carboxylic acids is 2. The van der Waals surface area contributed by atoms with Gasteiger partial charge in [-0.3, -0.25) is 9.69 Å². The molecule has 1 aromatic heterocycles. The highest BCUT2D eigenvalue weighted by atomic mass is 16.5. The van der Waals surface area contributed by atoms with E-state index in [1.54, 1.807) is 26.6 Å². The standard InChI is InChI=1S/C32H35N5O4/c1-5-37-31(39)36-20-23-16-25(40-3)17-26(41-4)28(23)21(2)15-27(36)32(37)11-13-35(14-12-32)30(38)24-18-33-29(34-19-24)22-9-7-6-8-10-22/h6-10,15-19,21H,5,11-14,20H2,1-4H3/t21-/m0/s1. The molecule has 9 nitrogen and oxygen atoms in total. The quantitative estimate of drug-likeness (QED) is 0.437.